The van der Waals surface area contributed by atoms with Gasteiger partial charge in [-0.15, -0.1) is 0 Å². The summed E-state index contributed by atoms with van der Waals surface area (Å²) in [6.45, 7) is 1.79. The lowest BCUT2D eigenvalue weighted by Crippen LogP contribution is -2.37. The standard InChI is InChI=1S/C17H15NO4S/c1-12-7-3-5-9-14(12)18-15(17(19)22-2)11-13-8-4-6-10-16(13)23(18,20)21/h3-11H,1-2H3. The van der Waals surface area contributed by atoms with Crippen LogP contribution in [0, 0.1) is 6.92 Å². The molecule has 2 aromatic rings. The van der Waals surface area contributed by atoms with Gasteiger partial charge < -0.3 is 4.74 Å². The Bertz CT molecular complexity index is 916. The number of anilines is 1. The molecule has 0 N–H and O–H groups in total. The zero-order valence-corrected chi connectivity index (χ0v) is 13.5. The van der Waals surface area contributed by atoms with E-state index in [-0.39, 0.29) is 10.6 Å². The van der Waals surface area contributed by atoms with E-state index < -0.39 is 16.0 Å². The van der Waals surface area contributed by atoms with Gasteiger partial charge in [0.15, 0.2) is 0 Å². The van der Waals surface area contributed by atoms with Crippen LogP contribution in [-0.4, -0.2) is 21.5 Å². The lowest BCUT2D eigenvalue weighted by atomic mass is 10.1. The van der Waals surface area contributed by atoms with Crippen molar-refractivity contribution >= 4 is 27.8 Å². The Balaban J connectivity index is 2.33. The Labute approximate surface area is 134 Å². The molecule has 6 heteroatoms. The molecule has 0 bridgehead atoms. The van der Waals surface area contributed by atoms with Crippen molar-refractivity contribution in [3.63, 3.8) is 0 Å². The summed E-state index contributed by atoms with van der Waals surface area (Å²) in [5, 5.41) is 0. The number of ether oxygens (including phenoxy) is 1. The average Bonchev–Trinajstić information content (AvgIpc) is 2.55. The van der Waals surface area contributed by atoms with Gasteiger partial charge >= 0.3 is 5.97 Å². The van der Waals surface area contributed by atoms with Crippen molar-refractivity contribution in [1.82, 2.24) is 0 Å². The molecule has 0 spiro atoms. The van der Waals surface area contributed by atoms with Crippen molar-refractivity contribution in [2.45, 2.75) is 11.8 Å². The van der Waals surface area contributed by atoms with Crippen LogP contribution in [0.4, 0.5) is 5.69 Å². The van der Waals surface area contributed by atoms with Crippen LogP contribution in [0.5, 0.6) is 0 Å². The molecule has 1 aliphatic heterocycles. The monoisotopic (exact) mass is 329 g/mol. The molecule has 0 aliphatic carbocycles. The van der Waals surface area contributed by atoms with Crippen LogP contribution in [0.1, 0.15) is 11.1 Å². The summed E-state index contributed by atoms with van der Waals surface area (Å²) in [7, 11) is -2.67. The third kappa shape index (κ3) is 2.41. The number of para-hydroxylation sites is 1. The van der Waals surface area contributed by atoms with Crippen LogP contribution in [-0.2, 0) is 19.6 Å². The summed E-state index contributed by atoms with van der Waals surface area (Å²) in [5.74, 6) is -0.702. The molecule has 0 radical (unpaired) electrons. The lowest BCUT2D eigenvalue weighted by molar-refractivity contribution is -0.136. The first-order chi connectivity index (χ1) is 11.0. The van der Waals surface area contributed by atoms with E-state index in [9.17, 15) is 13.2 Å². The molecule has 1 aliphatic rings. The predicted octanol–water partition coefficient (Wildman–Crippen LogP) is 2.72. The van der Waals surface area contributed by atoms with Crippen molar-refractivity contribution in [2.75, 3.05) is 11.4 Å². The van der Waals surface area contributed by atoms with Gasteiger partial charge in [0.2, 0.25) is 0 Å². The van der Waals surface area contributed by atoms with Crippen LogP contribution in [0.15, 0.2) is 59.1 Å². The Morgan fingerprint density at radius 1 is 1.04 bits per heavy atom. The molecule has 3 rings (SSSR count). The highest BCUT2D eigenvalue weighted by atomic mass is 32.2. The van der Waals surface area contributed by atoms with Gasteiger partial charge in [-0.25, -0.2) is 17.5 Å². The second kappa shape index (κ2) is 5.55. The molecule has 0 aromatic heterocycles. The first kappa shape index (κ1) is 15.3. The molecular weight excluding hydrogens is 314 g/mol. The van der Waals surface area contributed by atoms with Crippen molar-refractivity contribution in [1.29, 1.82) is 0 Å². The molecule has 5 nitrogen and oxygen atoms in total. The number of fused-ring (bicyclic) bond motifs is 1. The fourth-order valence-electron chi connectivity index (χ4n) is 2.57. The third-order valence-electron chi connectivity index (χ3n) is 3.68. The molecule has 1 heterocycles. The van der Waals surface area contributed by atoms with Crippen molar-refractivity contribution < 1.29 is 17.9 Å². The van der Waals surface area contributed by atoms with E-state index in [4.69, 9.17) is 4.74 Å². The number of benzene rings is 2. The zero-order valence-electron chi connectivity index (χ0n) is 12.7. The summed E-state index contributed by atoms with van der Waals surface area (Å²) >= 11 is 0. The molecule has 0 amide bonds. The number of esters is 1. The minimum absolute atomic E-state index is 0.0273. The van der Waals surface area contributed by atoms with E-state index in [2.05, 4.69) is 0 Å². The fraction of sp³-hybridized carbons (Fsp3) is 0.118. The Morgan fingerprint density at radius 2 is 1.70 bits per heavy atom. The topological polar surface area (TPSA) is 63.7 Å². The van der Waals surface area contributed by atoms with Gasteiger partial charge in [-0.2, -0.15) is 0 Å². The number of carbonyl (C=O) groups is 1. The van der Waals surface area contributed by atoms with E-state index >= 15 is 0 Å². The number of rotatable bonds is 2. The minimum Gasteiger partial charge on any atom is -0.464 e. The minimum atomic E-state index is -3.90. The number of hydrogen-bond acceptors (Lipinski definition) is 4. The Hall–Kier alpha value is -2.60. The maximum Gasteiger partial charge on any atom is 0.355 e. The second-order valence-corrected chi connectivity index (χ2v) is 6.87. The van der Waals surface area contributed by atoms with Gasteiger partial charge in [-0.3, -0.25) is 0 Å². The summed E-state index contributed by atoms with van der Waals surface area (Å²) in [4.78, 5) is 12.3. The maximum absolute atomic E-state index is 13.1. The van der Waals surface area contributed by atoms with E-state index in [0.717, 1.165) is 9.87 Å². The Morgan fingerprint density at radius 3 is 2.39 bits per heavy atom. The summed E-state index contributed by atoms with van der Waals surface area (Å²) in [5.41, 5.74) is 1.61. The summed E-state index contributed by atoms with van der Waals surface area (Å²) < 4.78 is 32.0. The molecule has 2 aromatic carbocycles. The molecular formula is C17H15NO4S. The number of aryl methyl sites for hydroxylation is 1. The van der Waals surface area contributed by atoms with Gasteiger partial charge in [0.25, 0.3) is 10.0 Å². The third-order valence-corrected chi connectivity index (χ3v) is 5.48. The fourth-order valence-corrected chi connectivity index (χ4v) is 4.29. The molecule has 0 saturated heterocycles. The van der Waals surface area contributed by atoms with Crippen LogP contribution in [0.25, 0.3) is 6.08 Å². The van der Waals surface area contributed by atoms with Gasteiger partial charge in [-0.1, -0.05) is 36.4 Å². The van der Waals surface area contributed by atoms with Crippen molar-refractivity contribution in [3.05, 3.63) is 65.4 Å². The molecule has 23 heavy (non-hydrogen) atoms. The van der Waals surface area contributed by atoms with Gasteiger partial charge in [0, 0.05) is 0 Å². The predicted molar refractivity (Wildman–Crippen MR) is 87.3 cm³/mol. The van der Waals surface area contributed by atoms with Gasteiger partial charge in [0.1, 0.15) is 5.70 Å². The molecule has 0 saturated carbocycles. The van der Waals surface area contributed by atoms with Crippen LogP contribution >= 0.6 is 0 Å². The Kier molecular flexibility index (Phi) is 3.69. The van der Waals surface area contributed by atoms with Crippen LogP contribution in [0.3, 0.4) is 0 Å². The van der Waals surface area contributed by atoms with Crippen molar-refractivity contribution in [3.8, 4) is 0 Å². The van der Waals surface area contributed by atoms with Crippen LogP contribution in [0.2, 0.25) is 0 Å². The first-order valence-electron chi connectivity index (χ1n) is 6.97. The highest BCUT2D eigenvalue weighted by Gasteiger charge is 2.37. The van der Waals surface area contributed by atoms with Gasteiger partial charge in [-0.05, 0) is 36.3 Å². The van der Waals surface area contributed by atoms with Crippen molar-refractivity contribution in [2.24, 2.45) is 0 Å². The highest BCUT2D eigenvalue weighted by Crippen LogP contribution is 2.37. The SMILES string of the molecule is COC(=O)C1=Cc2ccccc2S(=O)(=O)N1c1ccccc1C. The largest absolute Gasteiger partial charge is 0.464 e. The number of sulfonamides is 1. The second-order valence-electron chi connectivity index (χ2n) is 5.11. The molecule has 0 unspecified atom stereocenters. The summed E-state index contributed by atoms with van der Waals surface area (Å²) in [6.07, 6.45) is 1.54. The normalized spacial score (nSPS) is 15.6. The number of carbonyl (C=O) groups excluding carboxylic acids is 1. The molecule has 0 fully saturated rings. The van der Waals surface area contributed by atoms with Gasteiger partial charge in [0.05, 0.1) is 17.7 Å². The van der Waals surface area contributed by atoms with E-state index in [0.29, 0.717) is 11.3 Å². The quantitative estimate of drug-likeness (QED) is 0.795. The first-order valence-corrected chi connectivity index (χ1v) is 8.41. The smallest absolute Gasteiger partial charge is 0.355 e. The molecule has 0 atom stereocenters. The number of methoxy groups -OCH3 is 1. The highest BCUT2D eigenvalue weighted by molar-refractivity contribution is 7.93. The van der Waals surface area contributed by atoms with E-state index in [1.54, 1.807) is 43.3 Å². The zero-order chi connectivity index (χ0) is 16.6. The van der Waals surface area contributed by atoms with Crippen LogP contribution < -0.4 is 4.31 Å². The molecule has 118 valence electrons. The number of hydrogen-bond donors (Lipinski definition) is 0. The van der Waals surface area contributed by atoms with E-state index in [1.807, 2.05) is 6.07 Å². The lowest BCUT2D eigenvalue weighted by Gasteiger charge is -2.30. The van der Waals surface area contributed by atoms with E-state index in [1.165, 1.54) is 19.3 Å². The number of nitrogens with zero attached hydrogens (tertiary/aromatic N) is 1. The average molecular weight is 329 g/mol. The maximum atomic E-state index is 13.1. The summed E-state index contributed by atoms with van der Waals surface area (Å²) in [6, 6.07) is 13.6.